The number of alkyl carbamates (subject to hydrolysis) is 1. The highest BCUT2D eigenvalue weighted by Gasteiger charge is 2.61. The average Bonchev–Trinajstić information content (AvgIpc) is 3.69. The Balaban J connectivity index is 1.36. The fourth-order valence-electron chi connectivity index (χ4n) is 7.49. The Hall–Kier alpha value is -5.53. The van der Waals surface area contributed by atoms with E-state index in [1.807, 2.05) is 30.3 Å². The molecule has 3 N–H and O–H groups in total. The van der Waals surface area contributed by atoms with Crippen molar-refractivity contribution >= 4 is 40.5 Å². The molecule has 2 heterocycles. The molecule has 3 amide bonds. The van der Waals surface area contributed by atoms with Crippen LogP contribution in [0.2, 0.25) is 0 Å². The molecule has 5 atom stereocenters. The Kier molecular flexibility index (Phi) is 10.4. The van der Waals surface area contributed by atoms with Crippen LogP contribution in [0.25, 0.3) is 22.2 Å². The molecule has 2 aliphatic carbocycles. The van der Waals surface area contributed by atoms with E-state index in [4.69, 9.17) is 14.5 Å². The van der Waals surface area contributed by atoms with Gasteiger partial charge in [0.2, 0.25) is 11.8 Å². The highest BCUT2D eigenvalue weighted by molar-refractivity contribution is 5.96. The first kappa shape index (κ1) is 37.2. The molecule has 6 rings (SSSR count). The average molecular weight is 728 g/mol. The van der Waals surface area contributed by atoms with E-state index in [0.29, 0.717) is 29.4 Å². The molecule has 53 heavy (non-hydrogen) atoms. The maximum Gasteiger partial charge on any atom is 0.408 e. The van der Waals surface area contributed by atoms with E-state index in [-0.39, 0.29) is 36.7 Å². The molecule has 1 saturated heterocycles. The van der Waals surface area contributed by atoms with E-state index in [1.54, 1.807) is 32.9 Å². The maximum absolute atomic E-state index is 14.7. The lowest BCUT2D eigenvalue weighted by atomic mass is 9.83. The first-order chi connectivity index (χ1) is 25.2. The molecule has 14 heteroatoms. The number of nitro groups is 1. The third-order valence-electron chi connectivity index (χ3n) is 10.3. The molecule has 0 radical (unpaired) electrons. The van der Waals surface area contributed by atoms with Crippen LogP contribution in [-0.2, 0) is 19.1 Å². The lowest BCUT2D eigenvalue weighted by molar-refractivity contribution is -0.384. The van der Waals surface area contributed by atoms with Gasteiger partial charge in [0.15, 0.2) is 0 Å². The summed E-state index contributed by atoms with van der Waals surface area (Å²) >= 11 is 0. The lowest BCUT2D eigenvalue weighted by Gasteiger charge is -2.35. The van der Waals surface area contributed by atoms with Crippen molar-refractivity contribution in [3.8, 4) is 17.0 Å². The number of hydrogen-bond acceptors (Lipinski definition) is 9. The van der Waals surface area contributed by atoms with Gasteiger partial charge in [0.05, 0.1) is 22.7 Å². The normalized spacial score (nSPS) is 23.5. The predicted molar refractivity (Wildman–Crippen MR) is 195 cm³/mol. The van der Waals surface area contributed by atoms with Crippen molar-refractivity contribution in [2.24, 2.45) is 11.8 Å². The molecule has 5 unspecified atom stereocenters. The summed E-state index contributed by atoms with van der Waals surface area (Å²) in [5.74, 6) is -2.82. The number of likely N-dealkylation sites (tertiary alicyclic amines) is 1. The zero-order valence-corrected chi connectivity index (χ0v) is 30.1. The van der Waals surface area contributed by atoms with Gasteiger partial charge in [-0.1, -0.05) is 55.7 Å². The van der Waals surface area contributed by atoms with E-state index in [1.165, 1.54) is 23.1 Å². The van der Waals surface area contributed by atoms with Crippen LogP contribution in [-0.4, -0.2) is 79.7 Å². The van der Waals surface area contributed by atoms with Gasteiger partial charge in [-0.2, -0.15) is 0 Å². The van der Waals surface area contributed by atoms with Crippen molar-refractivity contribution in [2.45, 2.75) is 95.0 Å². The zero-order chi connectivity index (χ0) is 38.1. The smallest absolute Gasteiger partial charge is 0.408 e. The minimum atomic E-state index is -1.55. The van der Waals surface area contributed by atoms with Gasteiger partial charge in [0.25, 0.3) is 5.69 Å². The van der Waals surface area contributed by atoms with Gasteiger partial charge in [0.1, 0.15) is 35.1 Å². The number of nitrogens with zero attached hydrogens (tertiary/aromatic N) is 3. The van der Waals surface area contributed by atoms with E-state index in [0.717, 1.165) is 24.8 Å². The number of amides is 3. The minimum absolute atomic E-state index is 0.0186. The SMILES string of the molecule is C=CC1CC1(NC(=O)C1CC(Oc2cc(-c3ccccc3)nc3ccc([N+](=O)[O-])cc23)CN1C(=O)C(NC(=O)OC(C)(C)C)C1CCCCC1)C(=O)O. The second-order valence-electron chi connectivity index (χ2n) is 15.1. The van der Waals surface area contributed by atoms with Gasteiger partial charge in [0, 0.05) is 41.5 Å². The summed E-state index contributed by atoms with van der Waals surface area (Å²) in [6.07, 6.45) is 4.18. The molecule has 1 aliphatic heterocycles. The number of aromatic nitrogens is 1. The molecule has 0 bridgehead atoms. The molecule has 3 aromatic rings. The summed E-state index contributed by atoms with van der Waals surface area (Å²) in [7, 11) is 0. The van der Waals surface area contributed by atoms with Crippen molar-refractivity contribution in [1.29, 1.82) is 0 Å². The van der Waals surface area contributed by atoms with Crippen molar-refractivity contribution in [3.63, 3.8) is 0 Å². The van der Waals surface area contributed by atoms with Crippen molar-refractivity contribution in [2.75, 3.05) is 6.54 Å². The van der Waals surface area contributed by atoms with Crippen LogP contribution in [0.4, 0.5) is 10.5 Å². The maximum atomic E-state index is 14.7. The molecule has 280 valence electrons. The monoisotopic (exact) mass is 727 g/mol. The van der Waals surface area contributed by atoms with E-state index >= 15 is 0 Å². The fourth-order valence-corrected chi connectivity index (χ4v) is 7.49. The largest absolute Gasteiger partial charge is 0.488 e. The number of carbonyl (C=O) groups is 4. The number of carbonyl (C=O) groups excluding carboxylic acids is 3. The van der Waals surface area contributed by atoms with Crippen LogP contribution in [0.5, 0.6) is 5.75 Å². The van der Waals surface area contributed by atoms with Gasteiger partial charge in [-0.15, -0.1) is 6.58 Å². The van der Waals surface area contributed by atoms with E-state index < -0.39 is 64.0 Å². The second-order valence-corrected chi connectivity index (χ2v) is 15.1. The van der Waals surface area contributed by atoms with Crippen molar-refractivity contribution in [1.82, 2.24) is 20.5 Å². The number of fused-ring (bicyclic) bond motifs is 1. The number of carboxylic acids is 1. The molecular weight excluding hydrogens is 682 g/mol. The van der Waals surface area contributed by atoms with Gasteiger partial charge in [-0.25, -0.2) is 14.6 Å². The number of pyridine rings is 1. The third-order valence-corrected chi connectivity index (χ3v) is 10.3. The number of non-ortho nitro benzene ring substituents is 1. The quantitative estimate of drug-likeness (QED) is 0.124. The van der Waals surface area contributed by atoms with Gasteiger partial charge >= 0.3 is 12.1 Å². The molecule has 1 aromatic heterocycles. The Bertz CT molecular complexity index is 1920. The van der Waals surface area contributed by atoms with Crippen molar-refractivity contribution in [3.05, 3.63) is 77.4 Å². The van der Waals surface area contributed by atoms with Crippen LogP contribution in [0, 0.1) is 22.0 Å². The highest BCUT2D eigenvalue weighted by Crippen LogP contribution is 2.45. The first-order valence-electron chi connectivity index (χ1n) is 18.0. The molecule has 2 aromatic carbocycles. The molecule has 14 nitrogen and oxygen atoms in total. The molecular formula is C39H45N5O9. The summed E-state index contributed by atoms with van der Waals surface area (Å²) < 4.78 is 12.1. The van der Waals surface area contributed by atoms with Crippen LogP contribution in [0.3, 0.4) is 0 Å². The summed E-state index contributed by atoms with van der Waals surface area (Å²) in [4.78, 5) is 71.5. The molecule has 0 spiro atoms. The van der Waals surface area contributed by atoms with Crippen molar-refractivity contribution < 1.29 is 38.7 Å². The van der Waals surface area contributed by atoms with Crippen LogP contribution >= 0.6 is 0 Å². The van der Waals surface area contributed by atoms with Crippen LogP contribution in [0.1, 0.15) is 65.7 Å². The number of carboxylic acid groups (broad SMARTS) is 1. The Morgan fingerprint density at radius 3 is 2.43 bits per heavy atom. The number of nitro benzene ring substituents is 1. The second kappa shape index (κ2) is 14.8. The number of hydrogen-bond donors (Lipinski definition) is 3. The number of aliphatic carboxylic acids is 1. The summed E-state index contributed by atoms with van der Waals surface area (Å²) in [5.41, 5.74) is -0.762. The zero-order valence-electron chi connectivity index (χ0n) is 30.1. The third kappa shape index (κ3) is 8.11. The van der Waals surface area contributed by atoms with Crippen LogP contribution in [0.15, 0.2) is 67.3 Å². The van der Waals surface area contributed by atoms with E-state index in [9.17, 15) is 34.4 Å². The Morgan fingerprint density at radius 2 is 1.81 bits per heavy atom. The first-order valence-corrected chi connectivity index (χ1v) is 18.0. The summed E-state index contributed by atoms with van der Waals surface area (Å²) in [6.45, 7) is 8.79. The fraction of sp³-hybridized carbons (Fsp3) is 0.462. The number of nitrogens with one attached hydrogen (secondary N) is 2. The number of benzene rings is 2. The summed E-state index contributed by atoms with van der Waals surface area (Å²) in [5, 5.41) is 27.7. The predicted octanol–water partition coefficient (Wildman–Crippen LogP) is 5.78. The van der Waals surface area contributed by atoms with Gasteiger partial charge < -0.3 is 30.1 Å². The molecule has 2 saturated carbocycles. The Labute approximate surface area is 307 Å². The van der Waals surface area contributed by atoms with Gasteiger partial charge in [-0.3, -0.25) is 19.7 Å². The minimum Gasteiger partial charge on any atom is -0.488 e. The summed E-state index contributed by atoms with van der Waals surface area (Å²) in [6, 6.07) is 13.1. The van der Waals surface area contributed by atoms with Crippen LogP contribution < -0.4 is 15.4 Å². The highest BCUT2D eigenvalue weighted by atomic mass is 16.6. The lowest BCUT2D eigenvalue weighted by Crippen LogP contribution is -2.58. The Morgan fingerprint density at radius 1 is 1.09 bits per heavy atom. The molecule has 3 fully saturated rings. The number of rotatable bonds is 11. The van der Waals surface area contributed by atoms with E-state index in [2.05, 4.69) is 17.2 Å². The topological polar surface area (TPSA) is 190 Å². The molecule has 3 aliphatic rings. The number of ether oxygens (including phenoxy) is 2. The van der Waals surface area contributed by atoms with Gasteiger partial charge in [-0.05, 0) is 52.0 Å². The standard InChI is InChI=1S/C39H45N5O9/c1-5-25-21-39(25,36(47)48)42-34(45)31-19-27(22-43(31)35(46)33(24-14-10-7-11-15-24)41-37(49)53-38(2,3)4)52-32-20-30(23-12-8-6-9-13-23)40-29-17-16-26(44(50)51)18-28(29)32/h5-6,8-9,12-13,16-18,20,24-25,27,31,33H,1,7,10-11,14-15,19,21-22H2,2-4H3,(H,41,49)(H,42,45)(H,47,48).